The van der Waals surface area contributed by atoms with E-state index in [1.165, 1.54) is 32.6 Å². The Balaban J connectivity index is 2.01. The molecule has 0 radical (unpaired) electrons. The molecule has 0 unspecified atom stereocenters. The molecule has 0 amide bonds. The summed E-state index contributed by atoms with van der Waals surface area (Å²) < 4.78 is 4.53. The Morgan fingerprint density at radius 2 is 2.16 bits per heavy atom. The average Bonchev–Trinajstić information content (AvgIpc) is 2.95. The molecule has 0 aliphatic rings. The molecule has 4 heteroatoms. The summed E-state index contributed by atoms with van der Waals surface area (Å²) in [5.41, 5.74) is 6.05. The van der Waals surface area contributed by atoms with Gasteiger partial charge in [0, 0.05) is 29.1 Å². The van der Waals surface area contributed by atoms with Gasteiger partial charge >= 0.3 is 0 Å². The normalized spacial score (nSPS) is 11.3. The van der Waals surface area contributed by atoms with Crippen molar-refractivity contribution in [3.8, 4) is 0 Å². The van der Waals surface area contributed by atoms with Crippen LogP contribution in [0.3, 0.4) is 0 Å². The largest absolute Gasteiger partial charge is 0.346 e. The zero-order valence-corrected chi connectivity index (χ0v) is 12.3. The van der Waals surface area contributed by atoms with E-state index in [0.717, 1.165) is 18.5 Å². The highest BCUT2D eigenvalue weighted by atomic mass is 32.1. The monoisotopic (exact) mass is 271 g/mol. The van der Waals surface area contributed by atoms with Gasteiger partial charge in [-0.3, -0.25) is 0 Å². The quantitative estimate of drug-likeness (QED) is 0.787. The van der Waals surface area contributed by atoms with Gasteiger partial charge in [-0.2, -0.15) is 4.37 Å². The van der Waals surface area contributed by atoms with Crippen LogP contribution in [0.25, 0.3) is 11.0 Å². The fraction of sp³-hybridized carbons (Fsp3) is 0.333. The topological polar surface area (TPSA) is 41.6 Å². The van der Waals surface area contributed by atoms with E-state index >= 15 is 0 Å². The molecule has 0 saturated heterocycles. The molecule has 0 aromatic carbocycles. The minimum absolute atomic E-state index is 0.939. The van der Waals surface area contributed by atoms with Gasteiger partial charge in [0.15, 0.2) is 0 Å². The van der Waals surface area contributed by atoms with Crippen LogP contribution in [0.15, 0.2) is 18.5 Å². The summed E-state index contributed by atoms with van der Waals surface area (Å²) in [6.07, 6.45) is 5.92. The van der Waals surface area contributed by atoms with Gasteiger partial charge in [0.05, 0.1) is 5.69 Å². The third-order valence-corrected chi connectivity index (χ3v) is 4.54. The number of nitrogens with one attached hydrogen (secondary N) is 1. The Bertz CT molecular complexity index is 724. The summed E-state index contributed by atoms with van der Waals surface area (Å²) in [4.78, 5) is 9.03. The molecule has 0 spiro atoms. The molecule has 0 fully saturated rings. The second-order valence-corrected chi connectivity index (χ2v) is 5.79. The molecule has 0 saturated carbocycles. The number of nitrogens with zero attached hydrogens (tertiary/aromatic N) is 2. The lowest BCUT2D eigenvalue weighted by Crippen LogP contribution is -1.89. The molecule has 0 atom stereocenters. The number of hydrogen-bond acceptors (Lipinski definition) is 3. The van der Waals surface area contributed by atoms with Gasteiger partial charge < -0.3 is 4.98 Å². The van der Waals surface area contributed by atoms with Crippen molar-refractivity contribution in [1.29, 1.82) is 0 Å². The lowest BCUT2D eigenvalue weighted by Gasteiger charge is -2.00. The maximum atomic E-state index is 4.53. The van der Waals surface area contributed by atoms with Gasteiger partial charge in [0.1, 0.15) is 5.65 Å². The molecular weight excluding hydrogens is 254 g/mol. The van der Waals surface area contributed by atoms with Crippen LogP contribution in [-0.4, -0.2) is 14.3 Å². The van der Waals surface area contributed by atoms with E-state index in [1.54, 1.807) is 11.5 Å². The molecule has 3 rings (SSSR count). The molecular formula is C15H17N3S. The molecule has 98 valence electrons. The minimum atomic E-state index is 0.939. The SMILES string of the molecule is CCc1nsc(Cc2c[nH]c3ncc(C)cc23)c1C. The van der Waals surface area contributed by atoms with Crippen LogP contribution in [0.1, 0.15) is 34.2 Å². The molecule has 1 N–H and O–H groups in total. The lowest BCUT2D eigenvalue weighted by atomic mass is 10.1. The summed E-state index contributed by atoms with van der Waals surface area (Å²) in [6.45, 7) is 6.41. The van der Waals surface area contributed by atoms with Crippen LogP contribution < -0.4 is 0 Å². The van der Waals surface area contributed by atoms with Crippen LogP contribution in [-0.2, 0) is 12.8 Å². The van der Waals surface area contributed by atoms with E-state index in [9.17, 15) is 0 Å². The third kappa shape index (κ3) is 2.16. The fourth-order valence-electron chi connectivity index (χ4n) is 2.38. The summed E-state index contributed by atoms with van der Waals surface area (Å²) >= 11 is 1.63. The fourth-order valence-corrected chi connectivity index (χ4v) is 3.35. The molecule has 3 nitrogen and oxygen atoms in total. The standard InChI is InChI=1S/C15H17N3S/c1-4-13-10(3)14(19-18-13)6-11-8-17-15-12(11)5-9(2)7-16-15/h5,7-8H,4,6H2,1-3H3,(H,16,17). The van der Waals surface area contributed by atoms with Crippen molar-refractivity contribution in [2.24, 2.45) is 0 Å². The maximum absolute atomic E-state index is 4.53. The number of H-pyrrole nitrogens is 1. The molecule has 19 heavy (non-hydrogen) atoms. The van der Waals surface area contributed by atoms with E-state index in [-0.39, 0.29) is 0 Å². The Morgan fingerprint density at radius 1 is 1.32 bits per heavy atom. The molecule has 3 heterocycles. The van der Waals surface area contributed by atoms with Gasteiger partial charge in [-0.15, -0.1) is 0 Å². The minimum Gasteiger partial charge on any atom is -0.346 e. The summed E-state index contributed by atoms with van der Waals surface area (Å²) in [6, 6.07) is 2.20. The van der Waals surface area contributed by atoms with Crippen LogP contribution in [0, 0.1) is 13.8 Å². The summed E-state index contributed by atoms with van der Waals surface area (Å²) in [5, 5.41) is 1.23. The zero-order valence-electron chi connectivity index (χ0n) is 11.4. The first-order valence-corrected chi connectivity index (χ1v) is 7.33. The van der Waals surface area contributed by atoms with E-state index in [4.69, 9.17) is 0 Å². The predicted octanol–water partition coefficient (Wildman–Crippen LogP) is 3.79. The summed E-state index contributed by atoms with van der Waals surface area (Å²) in [5.74, 6) is 0. The van der Waals surface area contributed by atoms with Crippen LogP contribution >= 0.6 is 11.5 Å². The van der Waals surface area contributed by atoms with Gasteiger partial charge in [-0.05, 0) is 54.6 Å². The second kappa shape index (κ2) is 4.78. The van der Waals surface area contributed by atoms with Gasteiger partial charge in [-0.1, -0.05) is 6.92 Å². The molecule has 3 aromatic heterocycles. The average molecular weight is 271 g/mol. The van der Waals surface area contributed by atoms with E-state index < -0.39 is 0 Å². The molecule has 0 bridgehead atoms. The highest BCUT2D eigenvalue weighted by Gasteiger charge is 2.11. The molecule has 3 aromatic rings. The van der Waals surface area contributed by atoms with Crippen molar-refractivity contribution in [2.75, 3.05) is 0 Å². The number of aromatic nitrogens is 3. The van der Waals surface area contributed by atoms with E-state index in [2.05, 4.69) is 47.4 Å². The third-order valence-electron chi connectivity index (χ3n) is 3.56. The van der Waals surface area contributed by atoms with E-state index in [1.807, 2.05) is 6.20 Å². The Kier molecular flexibility index (Phi) is 3.11. The number of aromatic amines is 1. The Morgan fingerprint density at radius 3 is 2.89 bits per heavy atom. The van der Waals surface area contributed by atoms with Gasteiger partial charge in [0.25, 0.3) is 0 Å². The van der Waals surface area contributed by atoms with Crippen LogP contribution in [0.2, 0.25) is 0 Å². The number of rotatable bonds is 3. The Labute approximate surface area is 116 Å². The van der Waals surface area contributed by atoms with Crippen molar-refractivity contribution in [3.05, 3.63) is 45.7 Å². The van der Waals surface area contributed by atoms with E-state index in [0.29, 0.717) is 0 Å². The Hall–Kier alpha value is -1.68. The molecule has 0 aliphatic carbocycles. The van der Waals surface area contributed by atoms with Crippen molar-refractivity contribution in [1.82, 2.24) is 14.3 Å². The van der Waals surface area contributed by atoms with Crippen molar-refractivity contribution in [2.45, 2.75) is 33.6 Å². The number of hydrogen-bond donors (Lipinski definition) is 1. The highest BCUT2D eigenvalue weighted by Crippen LogP contribution is 2.25. The van der Waals surface area contributed by atoms with Crippen molar-refractivity contribution < 1.29 is 0 Å². The first-order valence-electron chi connectivity index (χ1n) is 6.55. The number of aryl methyl sites for hydroxylation is 2. The summed E-state index contributed by atoms with van der Waals surface area (Å²) in [7, 11) is 0. The lowest BCUT2D eigenvalue weighted by molar-refractivity contribution is 1.05. The van der Waals surface area contributed by atoms with Crippen LogP contribution in [0.4, 0.5) is 0 Å². The highest BCUT2D eigenvalue weighted by molar-refractivity contribution is 7.06. The predicted molar refractivity (Wildman–Crippen MR) is 79.9 cm³/mol. The van der Waals surface area contributed by atoms with Crippen molar-refractivity contribution >= 4 is 22.6 Å². The van der Waals surface area contributed by atoms with Gasteiger partial charge in [0.2, 0.25) is 0 Å². The zero-order chi connectivity index (χ0) is 13.4. The number of pyridine rings is 1. The first kappa shape index (κ1) is 12.4. The van der Waals surface area contributed by atoms with Crippen molar-refractivity contribution in [3.63, 3.8) is 0 Å². The van der Waals surface area contributed by atoms with Crippen LogP contribution in [0.5, 0.6) is 0 Å². The maximum Gasteiger partial charge on any atom is 0.137 e. The van der Waals surface area contributed by atoms with Gasteiger partial charge in [-0.25, -0.2) is 4.98 Å². The second-order valence-electron chi connectivity index (χ2n) is 4.93. The molecule has 0 aliphatic heterocycles. The smallest absolute Gasteiger partial charge is 0.137 e. The number of fused-ring (bicyclic) bond motifs is 1. The first-order chi connectivity index (χ1) is 9.19.